The highest BCUT2D eigenvalue weighted by atomic mass is 16.6. The predicted octanol–water partition coefficient (Wildman–Crippen LogP) is 2.55. The number of amides is 1. The molecule has 17 heavy (non-hydrogen) atoms. The van der Waals surface area contributed by atoms with Gasteiger partial charge < -0.3 is 14.7 Å². The molecule has 0 bridgehead atoms. The zero-order chi connectivity index (χ0) is 13.1. The van der Waals surface area contributed by atoms with Gasteiger partial charge in [0, 0.05) is 6.54 Å². The molecule has 1 aliphatic heterocycles. The second kappa shape index (κ2) is 5.25. The van der Waals surface area contributed by atoms with Crippen LogP contribution in [-0.2, 0) is 4.74 Å². The van der Waals surface area contributed by atoms with Gasteiger partial charge in [0.25, 0.3) is 0 Å². The first kappa shape index (κ1) is 14.3. The van der Waals surface area contributed by atoms with E-state index < -0.39 is 11.2 Å². The van der Waals surface area contributed by atoms with E-state index in [0.717, 1.165) is 25.7 Å². The van der Waals surface area contributed by atoms with Gasteiger partial charge in [-0.2, -0.15) is 0 Å². The summed E-state index contributed by atoms with van der Waals surface area (Å²) in [6, 6.07) is 0. The van der Waals surface area contributed by atoms with Crippen LogP contribution in [0.4, 0.5) is 4.79 Å². The van der Waals surface area contributed by atoms with E-state index in [2.05, 4.69) is 0 Å². The van der Waals surface area contributed by atoms with Crippen LogP contribution in [0.5, 0.6) is 0 Å². The molecule has 0 aliphatic carbocycles. The van der Waals surface area contributed by atoms with Gasteiger partial charge in [-0.1, -0.05) is 13.3 Å². The minimum atomic E-state index is -0.718. The number of carbonyl (C=O) groups is 1. The first-order chi connectivity index (χ1) is 7.76. The number of ether oxygens (including phenoxy) is 1. The molecule has 0 aromatic heterocycles. The van der Waals surface area contributed by atoms with Crippen LogP contribution in [0.2, 0.25) is 0 Å². The Bertz CT molecular complexity index is 268. The lowest BCUT2D eigenvalue weighted by molar-refractivity contribution is -0.0475. The number of piperidine rings is 1. The van der Waals surface area contributed by atoms with Gasteiger partial charge >= 0.3 is 6.09 Å². The maximum absolute atomic E-state index is 11.9. The van der Waals surface area contributed by atoms with Crippen LogP contribution >= 0.6 is 0 Å². The summed E-state index contributed by atoms with van der Waals surface area (Å²) in [6.45, 7) is 8.69. The lowest BCUT2D eigenvalue weighted by Gasteiger charge is -2.39. The molecule has 0 saturated carbocycles. The zero-order valence-corrected chi connectivity index (χ0v) is 11.5. The lowest BCUT2D eigenvalue weighted by atomic mass is 9.89. The Labute approximate surface area is 104 Å². The highest BCUT2D eigenvalue weighted by Crippen LogP contribution is 2.26. The number of likely N-dealkylation sites (tertiary alicyclic amines) is 1. The van der Waals surface area contributed by atoms with Crippen molar-refractivity contribution in [3.8, 4) is 0 Å². The largest absolute Gasteiger partial charge is 0.444 e. The van der Waals surface area contributed by atoms with Crippen LogP contribution < -0.4 is 0 Å². The Kier molecular flexibility index (Phi) is 4.42. The van der Waals surface area contributed by atoms with Gasteiger partial charge in [0.2, 0.25) is 0 Å². The quantitative estimate of drug-likeness (QED) is 0.811. The van der Waals surface area contributed by atoms with Crippen molar-refractivity contribution in [2.24, 2.45) is 0 Å². The van der Waals surface area contributed by atoms with Gasteiger partial charge in [0.05, 0.1) is 12.1 Å². The van der Waals surface area contributed by atoms with Crippen molar-refractivity contribution in [1.29, 1.82) is 0 Å². The maximum atomic E-state index is 11.9. The van der Waals surface area contributed by atoms with Crippen LogP contribution in [0.15, 0.2) is 0 Å². The molecule has 0 radical (unpaired) electrons. The summed E-state index contributed by atoms with van der Waals surface area (Å²) in [5, 5.41) is 10.3. The molecule has 1 atom stereocenters. The minimum Gasteiger partial charge on any atom is -0.444 e. The van der Waals surface area contributed by atoms with Gasteiger partial charge in [-0.3, -0.25) is 0 Å². The third-order valence-corrected chi connectivity index (χ3v) is 2.92. The van der Waals surface area contributed by atoms with E-state index in [1.165, 1.54) is 0 Å². The molecule has 1 amide bonds. The third kappa shape index (κ3) is 4.54. The minimum absolute atomic E-state index is 0.313. The molecule has 1 fully saturated rings. The first-order valence-corrected chi connectivity index (χ1v) is 6.46. The molecule has 0 aromatic carbocycles. The van der Waals surface area contributed by atoms with Gasteiger partial charge in [-0.05, 0) is 40.0 Å². The predicted molar refractivity (Wildman–Crippen MR) is 66.9 cm³/mol. The normalized spacial score (nSPS) is 25.8. The average Bonchev–Trinajstić information content (AvgIpc) is 2.14. The van der Waals surface area contributed by atoms with Crippen LogP contribution in [0, 0.1) is 0 Å². The Balaban J connectivity index is 2.57. The summed E-state index contributed by atoms with van der Waals surface area (Å²) in [4.78, 5) is 13.5. The molecule has 0 unspecified atom stereocenters. The van der Waals surface area contributed by atoms with Gasteiger partial charge in [0.1, 0.15) is 5.60 Å². The van der Waals surface area contributed by atoms with Gasteiger partial charge in [-0.15, -0.1) is 0 Å². The molecule has 1 aliphatic rings. The molecular formula is C13H25NO3. The fourth-order valence-corrected chi connectivity index (χ4v) is 2.26. The molecule has 4 heteroatoms. The van der Waals surface area contributed by atoms with E-state index >= 15 is 0 Å². The number of β-amino-alcohol motifs (C(OH)–C–C–N with tert-alkyl or cyclic N) is 1. The van der Waals surface area contributed by atoms with Crippen LogP contribution in [0.1, 0.15) is 53.4 Å². The lowest BCUT2D eigenvalue weighted by Crippen LogP contribution is -2.51. The van der Waals surface area contributed by atoms with Crippen LogP contribution in [-0.4, -0.2) is 40.4 Å². The molecule has 100 valence electrons. The highest BCUT2D eigenvalue weighted by molar-refractivity contribution is 5.68. The van der Waals surface area contributed by atoms with Crippen molar-refractivity contribution in [1.82, 2.24) is 4.90 Å². The summed E-state index contributed by atoms with van der Waals surface area (Å²) < 4.78 is 5.32. The van der Waals surface area contributed by atoms with E-state index in [1.54, 1.807) is 4.90 Å². The molecule has 1 heterocycles. The molecule has 0 aromatic rings. The van der Waals surface area contributed by atoms with E-state index in [1.807, 2.05) is 27.7 Å². The number of nitrogens with zero attached hydrogens (tertiary/aromatic N) is 1. The molecular weight excluding hydrogens is 218 g/mol. The van der Waals surface area contributed by atoms with E-state index in [0.29, 0.717) is 13.1 Å². The maximum Gasteiger partial charge on any atom is 0.410 e. The Morgan fingerprint density at radius 3 is 2.65 bits per heavy atom. The van der Waals surface area contributed by atoms with Crippen LogP contribution in [0.25, 0.3) is 0 Å². The molecule has 1 rings (SSSR count). The Morgan fingerprint density at radius 2 is 2.12 bits per heavy atom. The SMILES string of the molecule is CCC[C@@]1(O)CCCN(C(=O)OC(C)(C)C)C1. The average molecular weight is 243 g/mol. The summed E-state index contributed by atoms with van der Waals surface area (Å²) in [6.07, 6.45) is 2.98. The van der Waals surface area contributed by atoms with Gasteiger partial charge in [0.15, 0.2) is 0 Å². The number of hydrogen-bond acceptors (Lipinski definition) is 3. The monoisotopic (exact) mass is 243 g/mol. The number of hydrogen-bond donors (Lipinski definition) is 1. The molecule has 1 N–H and O–H groups in total. The third-order valence-electron chi connectivity index (χ3n) is 2.92. The van der Waals surface area contributed by atoms with Crippen molar-refractivity contribution < 1.29 is 14.6 Å². The van der Waals surface area contributed by atoms with E-state index in [9.17, 15) is 9.90 Å². The molecule has 0 spiro atoms. The number of rotatable bonds is 2. The van der Waals surface area contributed by atoms with Crippen molar-refractivity contribution in [2.75, 3.05) is 13.1 Å². The summed E-state index contributed by atoms with van der Waals surface area (Å²) >= 11 is 0. The Morgan fingerprint density at radius 1 is 1.47 bits per heavy atom. The summed E-state index contributed by atoms with van der Waals surface area (Å²) in [5.41, 5.74) is -1.19. The summed E-state index contributed by atoms with van der Waals surface area (Å²) in [7, 11) is 0. The second-order valence-electron chi connectivity index (χ2n) is 5.98. The van der Waals surface area contributed by atoms with Crippen molar-refractivity contribution >= 4 is 6.09 Å². The number of carbonyl (C=O) groups excluding carboxylic acids is 1. The van der Waals surface area contributed by atoms with E-state index in [4.69, 9.17) is 4.74 Å². The summed E-state index contributed by atoms with van der Waals surface area (Å²) in [5.74, 6) is 0. The zero-order valence-electron chi connectivity index (χ0n) is 11.5. The first-order valence-electron chi connectivity index (χ1n) is 6.46. The van der Waals surface area contributed by atoms with Crippen molar-refractivity contribution in [2.45, 2.75) is 64.6 Å². The standard InChI is InChI=1S/C13H25NO3/c1-5-7-13(16)8-6-9-14(10-13)11(15)17-12(2,3)4/h16H,5-10H2,1-4H3/t13-/m1/s1. The van der Waals surface area contributed by atoms with Gasteiger partial charge in [-0.25, -0.2) is 4.79 Å². The van der Waals surface area contributed by atoms with E-state index in [-0.39, 0.29) is 6.09 Å². The van der Waals surface area contributed by atoms with Crippen molar-refractivity contribution in [3.05, 3.63) is 0 Å². The molecule has 1 saturated heterocycles. The highest BCUT2D eigenvalue weighted by Gasteiger charge is 2.35. The van der Waals surface area contributed by atoms with Crippen LogP contribution in [0.3, 0.4) is 0 Å². The van der Waals surface area contributed by atoms with Crippen molar-refractivity contribution in [3.63, 3.8) is 0 Å². The fraction of sp³-hybridized carbons (Fsp3) is 0.923. The molecule has 4 nitrogen and oxygen atoms in total. The topological polar surface area (TPSA) is 49.8 Å². The fourth-order valence-electron chi connectivity index (χ4n) is 2.26. The second-order valence-corrected chi connectivity index (χ2v) is 5.98. The smallest absolute Gasteiger partial charge is 0.410 e. The number of aliphatic hydroxyl groups is 1. The Hall–Kier alpha value is -0.770.